The van der Waals surface area contributed by atoms with Crippen molar-refractivity contribution in [2.75, 3.05) is 13.7 Å². The quantitative estimate of drug-likeness (QED) is 0.738. The maximum Gasteiger partial charge on any atom is 0.337 e. The van der Waals surface area contributed by atoms with Gasteiger partial charge in [0.15, 0.2) is 0 Å². The Labute approximate surface area is 114 Å². The summed E-state index contributed by atoms with van der Waals surface area (Å²) in [6, 6.07) is 9.94. The summed E-state index contributed by atoms with van der Waals surface area (Å²) in [6.45, 7) is 5.76. The molecule has 4 nitrogen and oxygen atoms in total. The van der Waals surface area contributed by atoms with Gasteiger partial charge in [-0.25, -0.2) is 4.79 Å². The van der Waals surface area contributed by atoms with Gasteiger partial charge in [0.25, 0.3) is 0 Å². The van der Waals surface area contributed by atoms with Gasteiger partial charge >= 0.3 is 5.97 Å². The maximum atomic E-state index is 11.3. The molecule has 1 aromatic rings. The molecule has 1 aromatic carbocycles. The van der Waals surface area contributed by atoms with Crippen LogP contribution in [0.3, 0.4) is 0 Å². The van der Waals surface area contributed by atoms with Crippen LogP contribution in [0.15, 0.2) is 24.3 Å². The van der Waals surface area contributed by atoms with Crippen LogP contribution in [0.4, 0.5) is 0 Å². The van der Waals surface area contributed by atoms with Gasteiger partial charge in [-0.15, -0.1) is 0 Å². The third kappa shape index (κ3) is 4.72. The number of nitriles is 1. The lowest BCUT2D eigenvalue weighted by Crippen LogP contribution is -2.31. The summed E-state index contributed by atoms with van der Waals surface area (Å²) in [4.78, 5) is 13.6. The molecule has 0 aliphatic rings. The molecule has 0 fully saturated rings. The predicted molar refractivity (Wildman–Crippen MR) is 73.6 cm³/mol. The number of ether oxygens (including phenoxy) is 1. The molecule has 0 unspecified atom stereocenters. The lowest BCUT2D eigenvalue weighted by atomic mass is 10.1. The molecule has 0 aromatic heterocycles. The maximum absolute atomic E-state index is 11.3. The zero-order valence-corrected chi connectivity index (χ0v) is 11.7. The fourth-order valence-electron chi connectivity index (χ4n) is 1.81. The molecule has 4 heteroatoms. The molecule has 0 heterocycles. The molecule has 1 rings (SSSR count). The van der Waals surface area contributed by atoms with Crippen LogP contribution >= 0.6 is 0 Å². The summed E-state index contributed by atoms with van der Waals surface area (Å²) in [5.74, 6) is -0.322. The number of benzene rings is 1. The number of carbonyl (C=O) groups is 1. The summed E-state index contributed by atoms with van der Waals surface area (Å²) in [7, 11) is 1.37. The van der Waals surface area contributed by atoms with E-state index in [4.69, 9.17) is 5.26 Å². The summed E-state index contributed by atoms with van der Waals surface area (Å²) in [5, 5.41) is 8.66. The van der Waals surface area contributed by atoms with E-state index >= 15 is 0 Å². The van der Waals surface area contributed by atoms with Gasteiger partial charge in [-0.05, 0) is 31.5 Å². The van der Waals surface area contributed by atoms with Gasteiger partial charge in [0, 0.05) is 25.6 Å². The average molecular weight is 260 g/mol. The van der Waals surface area contributed by atoms with E-state index in [9.17, 15) is 4.79 Å². The Morgan fingerprint density at radius 1 is 1.37 bits per heavy atom. The van der Waals surface area contributed by atoms with Crippen molar-refractivity contribution < 1.29 is 9.53 Å². The lowest BCUT2D eigenvalue weighted by Gasteiger charge is -2.25. The van der Waals surface area contributed by atoms with E-state index in [1.165, 1.54) is 7.11 Å². The summed E-state index contributed by atoms with van der Waals surface area (Å²) in [5.41, 5.74) is 1.68. The molecule has 0 aliphatic carbocycles. The Morgan fingerprint density at radius 3 is 2.47 bits per heavy atom. The fourth-order valence-corrected chi connectivity index (χ4v) is 1.81. The van der Waals surface area contributed by atoms with Gasteiger partial charge in [0.05, 0.1) is 18.7 Å². The Hall–Kier alpha value is -1.86. The van der Waals surface area contributed by atoms with Gasteiger partial charge in [-0.3, -0.25) is 4.90 Å². The highest BCUT2D eigenvalue weighted by atomic mass is 16.5. The molecule has 0 saturated heterocycles. The van der Waals surface area contributed by atoms with Gasteiger partial charge in [-0.2, -0.15) is 5.26 Å². The average Bonchev–Trinajstić information content (AvgIpc) is 2.43. The van der Waals surface area contributed by atoms with E-state index < -0.39 is 0 Å². The van der Waals surface area contributed by atoms with Crippen molar-refractivity contribution in [3.63, 3.8) is 0 Å². The molecule has 0 amide bonds. The molecule has 0 spiro atoms. The first kappa shape index (κ1) is 15.2. The number of methoxy groups -OCH3 is 1. The zero-order valence-electron chi connectivity index (χ0n) is 11.7. The summed E-state index contributed by atoms with van der Waals surface area (Å²) >= 11 is 0. The van der Waals surface area contributed by atoms with Crippen molar-refractivity contribution in [1.82, 2.24) is 4.90 Å². The second kappa shape index (κ2) is 7.55. The molecule has 0 aliphatic heterocycles. The summed E-state index contributed by atoms with van der Waals surface area (Å²) in [6.07, 6.45) is 0.526. The minimum Gasteiger partial charge on any atom is -0.465 e. The monoisotopic (exact) mass is 260 g/mol. The minimum atomic E-state index is -0.322. The van der Waals surface area contributed by atoms with Crippen LogP contribution < -0.4 is 0 Å². The molecule has 0 atom stereocenters. The van der Waals surface area contributed by atoms with Gasteiger partial charge in [0.2, 0.25) is 0 Å². The smallest absolute Gasteiger partial charge is 0.337 e. The minimum absolute atomic E-state index is 0.322. The van der Waals surface area contributed by atoms with E-state index in [0.29, 0.717) is 18.0 Å². The molecule has 102 valence electrons. The fraction of sp³-hybridized carbons (Fsp3) is 0.467. The van der Waals surface area contributed by atoms with Crippen molar-refractivity contribution in [3.05, 3.63) is 35.4 Å². The van der Waals surface area contributed by atoms with Crippen molar-refractivity contribution in [2.24, 2.45) is 0 Å². The van der Waals surface area contributed by atoms with E-state index in [-0.39, 0.29) is 5.97 Å². The second-order valence-corrected chi connectivity index (χ2v) is 4.66. The highest BCUT2D eigenvalue weighted by Crippen LogP contribution is 2.11. The van der Waals surface area contributed by atoms with Crippen molar-refractivity contribution in [1.29, 1.82) is 5.26 Å². The number of hydrogen-bond acceptors (Lipinski definition) is 4. The molecule has 0 radical (unpaired) electrons. The van der Waals surface area contributed by atoms with Crippen LogP contribution in [0, 0.1) is 11.3 Å². The van der Waals surface area contributed by atoms with E-state index in [2.05, 4.69) is 29.6 Å². The topological polar surface area (TPSA) is 53.3 Å². The normalized spacial score (nSPS) is 10.5. The number of hydrogen-bond donors (Lipinski definition) is 0. The molecular formula is C15H20N2O2. The number of esters is 1. The predicted octanol–water partition coefficient (Wildman–Crippen LogP) is 2.60. The van der Waals surface area contributed by atoms with Crippen molar-refractivity contribution in [3.8, 4) is 6.07 Å². The standard InChI is InChI=1S/C15H20N2O2/c1-12(2)17(10-4-9-16)11-13-5-7-14(8-6-13)15(18)19-3/h5-8,12H,4,10-11H2,1-3H3. The van der Waals surface area contributed by atoms with Crippen LogP contribution in [-0.2, 0) is 11.3 Å². The van der Waals surface area contributed by atoms with Crippen LogP contribution in [0.25, 0.3) is 0 Å². The van der Waals surface area contributed by atoms with Crippen LogP contribution in [0.2, 0.25) is 0 Å². The molecular weight excluding hydrogens is 240 g/mol. The zero-order chi connectivity index (χ0) is 14.3. The number of rotatable bonds is 6. The van der Waals surface area contributed by atoms with Gasteiger partial charge in [-0.1, -0.05) is 12.1 Å². The van der Waals surface area contributed by atoms with Crippen LogP contribution in [-0.4, -0.2) is 30.6 Å². The highest BCUT2D eigenvalue weighted by Gasteiger charge is 2.10. The molecule has 0 N–H and O–H groups in total. The third-order valence-electron chi connectivity index (χ3n) is 3.00. The van der Waals surface area contributed by atoms with E-state index in [1.807, 2.05) is 12.1 Å². The van der Waals surface area contributed by atoms with Crippen molar-refractivity contribution >= 4 is 5.97 Å². The first-order chi connectivity index (χ1) is 9.08. The number of nitrogens with zero attached hydrogens (tertiary/aromatic N) is 2. The van der Waals surface area contributed by atoms with E-state index in [1.54, 1.807) is 12.1 Å². The second-order valence-electron chi connectivity index (χ2n) is 4.66. The first-order valence-electron chi connectivity index (χ1n) is 6.36. The van der Waals surface area contributed by atoms with Gasteiger partial charge < -0.3 is 4.74 Å². The first-order valence-corrected chi connectivity index (χ1v) is 6.36. The van der Waals surface area contributed by atoms with Crippen LogP contribution in [0.5, 0.6) is 0 Å². The third-order valence-corrected chi connectivity index (χ3v) is 3.00. The van der Waals surface area contributed by atoms with Crippen molar-refractivity contribution in [2.45, 2.75) is 32.9 Å². The number of carbonyl (C=O) groups excluding carboxylic acids is 1. The molecule has 19 heavy (non-hydrogen) atoms. The lowest BCUT2D eigenvalue weighted by molar-refractivity contribution is 0.0600. The Balaban J connectivity index is 2.70. The largest absolute Gasteiger partial charge is 0.465 e. The SMILES string of the molecule is COC(=O)c1ccc(CN(CCC#N)C(C)C)cc1. The Kier molecular flexibility index (Phi) is 6.04. The Morgan fingerprint density at radius 2 is 2.00 bits per heavy atom. The van der Waals surface area contributed by atoms with Gasteiger partial charge in [0.1, 0.15) is 0 Å². The Bertz CT molecular complexity index is 446. The van der Waals surface area contributed by atoms with E-state index in [0.717, 1.165) is 18.7 Å². The molecule has 0 bridgehead atoms. The molecule has 0 saturated carbocycles. The van der Waals surface area contributed by atoms with Crippen LogP contribution in [0.1, 0.15) is 36.2 Å². The summed E-state index contributed by atoms with van der Waals surface area (Å²) < 4.78 is 4.66. The highest BCUT2D eigenvalue weighted by molar-refractivity contribution is 5.89.